The normalized spacial score (nSPS) is 10.2. The number of hydrogen-bond donors (Lipinski definition) is 0. The van der Waals surface area contributed by atoms with E-state index in [4.69, 9.17) is 11.6 Å². The highest BCUT2D eigenvalue weighted by Crippen LogP contribution is 2.10. The summed E-state index contributed by atoms with van der Waals surface area (Å²) in [5.41, 5.74) is 2.49. The monoisotopic (exact) mass is 239 g/mol. The topological polar surface area (TPSA) is 20.3 Å². The van der Waals surface area contributed by atoms with E-state index in [0.717, 1.165) is 6.42 Å². The first-order valence-corrected chi connectivity index (χ1v) is 6.03. The molecule has 0 aliphatic heterocycles. The molecule has 0 aliphatic rings. The number of rotatable bonds is 5. The van der Waals surface area contributed by atoms with Crippen molar-refractivity contribution in [1.29, 1.82) is 0 Å². The number of nitrogens with zero attached hydrogens (tertiary/aromatic N) is 1. The number of aryl methyl sites for hydroxylation is 2. The largest absolute Gasteiger partial charge is 0.345 e. The number of carbonyl (C=O) groups excluding carboxylic acids is 1. The Balaban J connectivity index is 2.46. The number of hydrogen-bond acceptors (Lipinski definition) is 1. The third kappa shape index (κ3) is 3.86. The number of benzene rings is 1. The van der Waals surface area contributed by atoms with E-state index in [9.17, 15) is 4.79 Å². The van der Waals surface area contributed by atoms with E-state index in [1.165, 1.54) is 11.1 Å². The van der Waals surface area contributed by atoms with Gasteiger partial charge in [0.15, 0.2) is 0 Å². The summed E-state index contributed by atoms with van der Waals surface area (Å²) < 4.78 is 0. The fourth-order valence-corrected chi connectivity index (χ4v) is 1.83. The van der Waals surface area contributed by atoms with Crippen LogP contribution in [0.3, 0.4) is 0 Å². The van der Waals surface area contributed by atoms with Crippen molar-refractivity contribution in [3.63, 3.8) is 0 Å². The molecule has 0 fully saturated rings. The minimum atomic E-state index is 0.156. The van der Waals surface area contributed by atoms with Gasteiger partial charge in [-0.3, -0.25) is 4.79 Å². The van der Waals surface area contributed by atoms with Crippen molar-refractivity contribution < 1.29 is 4.79 Å². The summed E-state index contributed by atoms with van der Waals surface area (Å²) in [7, 11) is 1.79. The first-order valence-electron chi connectivity index (χ1n) is 5.49. The van der Waals surface area contributed by atoms with E-state index in [2.05, 4.69) is 19.1 Å². The molecule has 1 aromatic rings. The minimum Gasteiger partial charge on any atom is -0.345 e. The predicted octanol–water partition coefficient (Wildman–Crippen LogP) is 2.62. The molecular weight excluding hydrogens is 222 g/mol. The molecule has 0 radical (unpaired) electrons. The highest BCUT2D eigenvalue weighted by molar-refractivity contribution is 6.18. The third-order valence-corrected chi connectivity index (χ3v) is 2.88. The maximum absolute atomic E-state index is 11.7. The molecule has 0 spiro atoms. The second kappa shape index (κ2) is 6.54. The van der Waals surface area contributed by atoms with Gasteiger partial charge in [0, 0.05) is 25.9 Å². The highest BCUT2D eigenvalue weighted by Gasteiger charge is 2.08. The van der Waals surface area contributed by atoms with Gasteiger partial charge in [-0.15, -0.1) is 11.6 Å². The molecule has 1 amide bonds. The molecule has 2 nitrogen and oxygen atoms in total. The zero-order valence-corrected chi connectivity index (χ0v) is 10.6. The van der Waals surface area contributed by atoms with Crippen molar-refractivity contribution in [2.75, 3.05) is 19.5 Å². The van der Waals surface area contributed by atoms with Crippen molar-refractivity contribution in [3.05, 3.63) is 35.4 Å². The van der Waals surface area contributed by atoms with Gasteiger partial charge < -0.3 is 4.90 Å². The molecule has 1 aromatic carbocycles. The molecule has 0 aromatic heterocycles. The Bertz CT molecular complexity index is 352. The van der Waals surface area contributed by atoms with Crippen LogP contribution in [0.15, 0.2) is 24.3 Å². The van der Waals surface area contributed by atoms with Crippen molar-refractivity contribution in [2.45, 2.75) is 19.8 Å². The number of carbonyl (C=O) groups is 1. The Hall–Kier alpha value is -1.02. The number of alkyl halides is 1. The van der Waals surface area contributed by atoms with Gasteiger partial charge in [-0.2, -0.15) is 0 Å². The molecule has 1 rings (SSSR count). The Morgan fingerprint density at radius 2 is 2.06 bits per heavy atom. The van der Waals surface area contributed by atoms with Crippen molar-refractivity contribution in [1.82, 2.24) is 4.90 Å². The van der Waals surface area contributed by atoms with Gasteiger partial charge in [0.1, 0.15) is 0 Å². The second-order valence-electron chi connectivity index (χ2n) is 3.93. The Morgan fingerprint density at radius 1 is 1.38 bits per heavy atom. The standard InChI is InChI=1S/C13H18ClNO/c1-11-5-3-4-6-12(11)7-8-13(16)15(2)10-9-14/h3-6H,7-10H2,1-2H3. The molecular formula is C13H18ClNO. The Kier molecular flexibility index (Phi) is 5.33. The van der Waals surface area contributed by atoms with Gasteiger partial charge in [0.2, 0.25) is 5.91 Å². The molecule has 0 N–H and O–H groups in total. The first-order chi connectivity index (χ1) is 7.65. The maximum atomic E-state index is 11.7. The van der Waals surface area contributed by atoms with Crippen LogP contribution in [0, 0.1) is 6.92 Å². The number of amides is 1. The van der Waals surface area contributed by atoms with Crippen LogP contribution in [0.5, 0.6) is 0 Å². The van der Waals surface area contributed by atoms with E-state index in [1.807, 2.05) is 12.1 Å². The van der Waals surface area contributed by atoms with Crippen LogP contribution in [-0.4, -0.2) is 30.3 Å². The summed E-state index contributed by atoms with van der Waals surface area (Å²) in [5, 5.41) is 0. The van der Waals surface area contributed by atoms with Crippen LogP contribution in [0.2, 0.25) is 0 Å². The van der Waals surface area contributed by atoms with Gasteiger partial charge in [-0.25, -0.2) is 0 Å². The zero-order valence-electron chi connectivity index (χ0n) is 9.87. The summed E-state index contributed by atoms with van der Waals surface area (Å²) in [5.74, 6) is 0.649. The van der Waals surface area contributed by atoms with Crippen LogP contribution in [0.4, 0.5) is 0 Å². The van der Waals surface area contributed by atoms with E-state index < -0.39 is 0 Å². The molecule has 16 heavy (non-hydrogen) atoms. The summed E-state index contributed by atoms with van der Waals surface area (Å²) in [6, 6.07) is 8.17. The van der Waals surface area contributed by atoms with Crippen molar-refractivity contribution in [2.24, 2.45) is 0 Å². The molecule has 0 atom stereocenters. The molecule has 0 unspecified atom stereocenters. The molecule has 0 bridgehead atoms. The summed E-state index contributed by atoms with van der Waals surface area (Å²) in [6.07, 6.45) is 1.36. The Labute approximate surface area is 102 Å². The van der Waals surface area contributed by atoms with Crippen LogP contribution >= 0.6 is 11.6 Å². The van der Waals surface area contributed by atoms with Gasteiger partial charge >= 0.3 is 0 Å². The lowest BCUT2D eigenvalue weighted by molar-refractivity contribution is -0.129. The lowest BCUT2D eigenvalue weighted by Gasteiger charge is -2.15. The highest BCUT2D eigenvalue weighted by atomic mass is 35.5. The Morgan fingerprint density at radius 3 is 2.69 bits per heavy atom. The third-order valence-electron chi connectivity index (χ3n) is 2.72. The van der Waals surface area contributed by atoms with E-state index in [-0.39, 0.29) is 5.91 Å². The molecule has 88 valence electrons. The van der Waals surface area contributed by atoms with Crippen LogP contribution in [-0.2, 0) is 11.2 Å². The summed E-state index contributed by atoms with van der Waals surface area (Å²) in [4.78, 5) is 13.4. The summed E-state index contributed by atoms with van der Waals surface area (Å²) in [6.45, 7) is 2.69. The smallest absolute Gasteiger partial charge is 0.222 e. The minimum absolute atomic E-state index is 0.156. The molecule has 0 saturated carbocycles. The average molecular weight is 240 g/mol. The lowest BCUT2D eigenvalue weighted by Crippen LogP contribution is -2.28. The first kappa shape index (κ1) is 13.0. The van der Waals surface area contributed by atoms with Crippen molar-refractivity contribution >= 4 is 17.5 Å². The van der Waals surface area contributed by atoms with E-state index in [0.29, 0.717) is 18.8 Å². The molecule has 0 heterocycles. The van der Waals surface area contributed by atoms with E-state index in [1.54, 1.807) is 11.9 Å². The quantitative estimate of drug-likeness (QED) is 0.724. The molecule has 3 heteroatoms. The maximum Gasteiger partial charge on any atom is 0.222 e. The number of halogens is 1. The van der Waals surface area contributed by atoms with E-state index >= 15 is 0 Å². The second-order valence-corrected chi connectivity index (χ2v) is 4.31. The van der Waals surface area contributed by atoms with Gasteiger partial charge in [0.25, 0.3) is 0 Å². The molecule has 0 saturated heterocycles. The molecule has 0 aliphatic carbocycles. The SMILES string of the molecule is Cc1ccccc1CCC(=O)N(C)CCCl. The fraction of sp³-hybridized carbons (Fsp3) is 0.462. The average Bonchev–Trinajstić information content (AvgIpc) is 2.28. The van der Waals surface area contributed by atoms with Crippen LogP contribution in [0.25, 0.3) is 0 Å². The van der Waals surface area contributed by atoms with Crippen LogP contribution < -0.4 is 0 Å². The van der Waals surface area contributed by atoms with Gasteiger partial charge in [0.05, 0.1) is 0 Å². The van der Waals surface area contributed by atoms with Crippen LogP contribution in [0.1, 0.15) is 17.5 Å². The lowest BCUT2D eigenvalue weighted by atomic mass is 10.0. The fourth-order valence-electron chi connectivity index (χ4n) is 1.57. The zero-order chi connectivity index (χ0) is 12.0. The summed E-state index contributed by atoms with van der Waals surface area (Å²) >= 11 is 5.59. The van der Waals surface area contributed by atoms with Crippen molar-refractivity contribution in [3.8, 4) is 0 Å². The predicted molar refractivity (Wildman–Crippen MR) is 67.9 cm³/mol. The van der Waals surface area contributed by atoms with Gasteiger partial charge in [-0.05, 0) is 24.5 Å². The van der Waals surface area contributed by atoms with Gasteiger partial charge in [-0.1, -0.05) is 24.3 Å².